The molecule has 1 fully saturated rings. The first kappa shape index (κ1) is 16.4. The van der Waals surface area contributed by atoms with Crippen molar-refractivity contribution < 1.29 is 9.18 Å². The van der Waals surface area contributed by atoms with E-state index in [2.05, 4.69) is 20.8 Å². The summed E-state index contributed by atoms with van der Waals surface area (Å²) in [4.78, 5) is 12.8. The molecule has 1 amide bonds. The van der Waals surface area contributed by atoms with E-state index < -0.39 is 5.54 Å². The Hall–Kier alpha value is -3.09. The van der Waals surface area contributed by atoms with Gasteiger partial charge in [0.15, 0.2) is 0 Å². The standard InChI is InChI=1S/C19H18FN5O/c20-16-7-5-15(6-8-16)19(11-1-2-12-19)22-18(26)14-3-9-17(10-4-14)25-13-21-23-24-25/h3-10,13H,1-2,11-12H2,(H,22,26). The first-order valence-corrected chi connectivity index (χ1v) is 8.58. The Morgan fingerprint density at radius 3 is 2.35 bits per heavy atom. The van der Waals surface area contributed by atoms with Crippen molar-refractivity contribution in [3.63, 3.8) is 0 Å². The monoisotopic (exact) mass is 351 g/mol. The van der Waals surface area contributed by atoms with E-state index in [-0.39, 0.29) is 11.7 Å². The van der Waals surface area contributed by atoms with Gasteiger partial charge in [0.25, 0.3) is 5.91 Å². The smallest absolute Gasteiger partial charge is 0.251 e. The lowest BCUT2D eigenvalue weighted by Gasteiger charge is -2.31. The van der Waals surface area contributed by atoms with Crippen LogP contribution < -0.4 is 5.32 Å². The van der Waals surface area contributed by atoms with E-state index in [0.29, 0.717) is 5.56 Å². The zero-order valence-corrected chi connectivity index (χ0v) is 14.1. The molecule has 132 valence electrons. The lowest BCUT2D eigenvalue weighted by Crippen LogP contribution is -2.43. The molecule has 1 aliphatic rings. The van der Waals surface area contributed by atoms with E-state index >= 15 is 0 Å². The summed E-state index contributed by atoms with van der Waals surface area (Å²) in [6.45, 7) is 0. The van der Waals surface area contributed by atoms with Crippen molar-refractivity contribution in [3.05, 3.63) is 71.8 Å². The number of halogens is 1. The number of amides is 1. The first-order valence-electron chi connectivity index (χ1n) is 8.58. The molecule has 1 N–H and O–H groups in total. The van der Waals surface area contributed by atoms with Crippen LogP contribution in [-0.2, 0) is 5.54 Å². The zero-order valence-electron chi connectivity index (χ0n) is 14.1. The van der Waals surface area contributed by atoms with Gasteiger partial charge in [-0.05, 0) is 65.2 Å². The number of carbonyl (C=O) groups excluding carboxylic acids is 1. The molecule has 1 aromatic heterocycles. The van der Waals surface area contributed by atoms with Crippen molar-refractivity contribution in [1.29, 1.82) is 0 Å². The van der Waals surface area contributed by atoms with E-state index in [0.717, 1.165) is 36.9 Å². The van der Waals surface area contributed by atoms with Crippen molar-refractivity contribution in [2.24, 2.45) is 0 Å². The van der Waals surface area contributed by atoms with Crippen LogP contribution in [0.2, 0.25) is 0 Å². The van der Waals surface area contributed by atoms with Crippen molar-refractivity contribution >= 4 is 5.91 Å². The van der Waals surface area contributed by atoms with Gasteiger partial charge in [-0.1, -0.05) is 25.0 Å². The molecule has 1 heterocycles. The average molecular weight is 351 g/mol. The van der Waals surface area contributed by atoms with E-state index in [1.165, 1.54) is 23.1 Å². The predicted molar refractivity (Wildman–Crippen MR) is 93.2 cm³/mol. The van der Waals surface area contributed by atoms with Gasteiger partial charge in [-0.15, -0.1) is 5.10 Å². The highest BCUT2D eigenvalue weighted by molar-refractivity contribution is 5.95. The fraction of sp³-hybridized carbons (Fsp3) is 0.263. The minimum atomic E-state index is -0.431. The topological polar surface area (TPSA) is 72.7 Å². The summed E-state index contributed by atoms with van der Waals surface area (Å²) in [6, 6.07) is 13.5. The SMILES string of the molecule is O=C(NC1(c2ccc(F)cc2)CCCC1)c1ccc(-n2cnnn2)cc1. The highest BCUT2D eigenvalue weighted by Gasteiger charge is 2.37. The third-order valence-electron chi connectivity index (χ3n) is 4.95. The molecule has 1 saturated carbocycles. The minimum Gasteiger partial charge on any atom is -0.343 e. The Bertz CT molecular complexity index is 885. The normalized spacial score (nSPS) is 15.7. The second-order valence-electron chi connectivity index (χ2n) is 6.55. The molecule has 26 heavy (non-hydrogen) atoms. The number of hydrogen-bond acceptors (Lipinski definition) is 4. The summed E-state index contributed by atoms with van der Waals surface area (Å²) in [6.07, 6.45) is 5.28. The molecule has 7 heteroatoms. The highest BCUT2D eigenvalue weighted by Crippen LogP contribution is 2.39. The summed E-state index contributed by atoms with van der Waals surface area (Å²) < 4.78 is 14.8. The number of rotatable bonds is 4. The van der Waals surface area contributed by atoms with Crippen molar-refractivity contribution in [3.8, 4) is 5.69 Å². The minimum absolute atomic E-state index is 0.139. The molecular formula is C19H18FN5O. The number of carbonyl (C=O) groups is 1. The summed E-state index contributed by atoms with van der Waals surface area (Å²) in [5.74, 6) is -0.411. The molecule has 6 nitrogen and oxygen atoms in total. The molecule has 0 saturated heterocycles. The molecule has 0 spiro atoms. The van der Waals surface area contributed by atoms with Gasteiger partial charge < -0.3 is 5.32 Å². The van der Waals surface area contributed by atoms with Crippen LogP contribution in [0.3, 0.4) is 0 Å². The number of nitrogens with one attached hydrogen (secondary N) is 1. The van der Waals surface area contributed by atoms with Crippen LogP contribution in [0.15, 0.2) is 54.9 Å². The fourth-order valence-corrected chi connectivity index (χ4v) is 3.57. The quantitative estimate of drug-likeness (QED) is 0.784. The van der Waals surface area contributed by atoms with Gasteiger partial charge in [-0.25, -0.2) is 9.07 Å². The maximum Gasteiger partial charge on any atom is 0.251 e. The molecular weight excluding hydrogens is 333 g/mol. The van der Waals surface area contributed by atoms with E-state index in [1.54, 1.807) is 36.4 Å². The second-order valence-corrected chi connectivity index (χ2v) is 6.55. The van der Waals surface area contributed by atoms with E-state index in [4.69, 9.17) is 0 Å². The van der Waals surface area contributed by atoms with Crippen LogP contribution in [0.1, 0.15) is 41.6 Å². The molecule has 0 aliphatic heterocycles. The third-order valence-corrected chi connectivity index (χ3v) is 4.95. The lowest BCUT2D eigenvalue weighted by atomic mass is 9.87. The van der Waals surface area contributed by atoms with Crippen LogP contribution in [0.4, 0.5) is 4.39 Å². The molecule has 0 unspecified atom stereocenters. The molecule has 2 aromatic carbocycles. The first-order chi connectivity index (χ1) is 12.7. The third kappa shape index (κ3) is 3.08. The number of hydrogen-bond donors (Lipinski definition) is 1. The maximum atomic E-state index is 13.3. The van der Waals surface area contributed by atoms with Crippen molar-refractivity contribution in [2.45, 2.75) is 31.2 Å². The van der Waals surface area contributed by atoms with Crippen LogP contribution in [0.25, 0.3) is 5.69 Å². The molecule has 0 bridgehead atoms. The number of nitrogens with zero attached hydrogens (tertiary/aromatic N) is 4. The van der Waals surface area contributed by atoms with Gasteiger partial charge in [0.05, 0.1) is 11.2 Å². The van der Waals surface area contributed by atoms with Crippen LogP contribution in [-0.4, -0.2) is 26.1 Å². The van der Waals surface area contributed by atoms with Crippen molar-refractivity contribution in [1.82, 2.24) is 25.5 Å². The predicted octanol–water partition coefficient (Wildman–Crippen LogP) is 3.00. The lowest BCUT2D eigenvalue weighted by molar-refractivity contribution is 0.0898. The number of benzene rings is 2. The van der Waals surface area contributed by atoms with Crippen molar-refractivity contribution in [2.75, 3.05) is 0 Å². The van der Waals surface area contributed by atoms with Crippen LogP contribution in [0, 0.1) is 5.82 Å². The van der Waals surface area contributed by atoms with Crippen LogP contribution in [0.5, 0.6) is 0 Å². The highest BCUT2D eigenvalue weighted by atomic mass is 19.1. The number of tetrazole rings is 1. The molecule has 0 atom stereocenters. The fourth-order valence-electron chi connectivity index (χ4n) is 3.57. The Morgan fingerprint density at radius 2 is 1.73 bits per heavy atom. The van der Waals surface area contributed by atoms with Gasteiger partial charge in [-0.2, -0.15) is 0 Å². The second kappa shape index (κ2) is 6.67. The van der Waals surface area contributed by atoms with Crippen LogP contribution >= 0.6 is 0 Å². The largest absolute Gasteiger partial charge is 0.343 e. The maximum absolute atomic E-state index is 13.3. The van der Waals surface area contributed by atoms with E-state index in [9.17, 15) is 9.18 Å². The molecule has 0 radical (unpaired) electrons. The van der Waals surface area contributed by atoms with Gasteiger partial charge >= 0.3 is 0 Å². The van der Waals surface area contributed by atoms with Gasteiger partial charge in [0.2, 0.25) is 0 Å². The average Bonchev–Trinajstić information content (AvgIpc) is 3.35. The van der Waals surface area contributed by atoms with Gasteiger partial charge in [-0.3, -0.25) is 4.79 Å². The Labute approximate surface area is 150 Å². The van der Waals surface area contributed by atoms with E-state index in [1.807, 2.05) is 0 Å². The summed E-state index contributed by atoms with van der Waals surface area (Å²) in [5.41, 5.74) is 1.87. The Kier molecular flexibility index (Phi) is 4.20. The zero-order chi connectivity index (χ0) is 18.0. The molecule has 1 aliphatic carbocycles. The molecule has 3 aromatic rings. The molecule has 4 rings (SSSR count). The summed E-state index contributed by atoms with van der Waals surface area (Å²) in [5, 5.41) is 14.2. The summed E-state index contributed by atoms with van der Waals surface area (Å²) in [7, 11) is 0. The van der Waals surface area contributed by atoms with Gasteiger partial charge in [0, 0.05) is 5.56 Å². The summed E-state index contributed by atoms with van der Waals surface area (Å²) >= 11 is 0. The Balaban J connectivity index is 1.56. The Morgan fingerprint density at radius 1 is 1.04 bits per heavy atom. The van der Waals surface area contributed by atoms with Gasteiger partial charge in [0.1, 0.15) is 12.1 Å². The number of aromatic nitrogens is 4.